The number of carbonyl (C=O) groups is 2. The molecule has 2 heterocycles. The van der Waals surface area contributed by atoms with Gasteiger partial charge in [0.15, 0.2) is 6.10 Å². The Labute approximate surface area is 110 Å². The molecule has 0 aromatic carbocycles. The van der Waals surface area contributed by atoms with Gasteiger partial charge < -0.3 is 14.7 Å². The van der Waals surface area contributed by atoms with E-state index in [9.17, 15) is 9.59 Å². The van der Waals surface area contributed by atoms with Gasteiger partial charge in [0.25, 0.3) is 5.91 Å². The number of carboxylic acid groups (broad SMARTS) is 1. The summed E-state index contributed by atoms with van der Waals surface area (Å²) in [6.45, 7) is 4.11. The molecule has 0 aliphatic carbocycles. The van der Waals surface area contributed by atoms with Crippen LogP contribution in [0.25, 0.3) is 0 Å². The van der Waals surface area contributed by atoms with Gasteiger partial charge in [-0.25, -0.2) is 4.79 Å². The molecule has 1 aliphatic heterocycles. The van der Waals surface area contributed by atoms with Crippen molar-refractivity contribution >= 4 is 11.9 Å². The monoisotopic (exact) mass is 265 g/mol. The minimum Gasteiger partial charge on any atom is -0.479 e. The Morgan fingerprint density at radius 3 is 2.84 bits per heavy atom. The van der Waals surface area contributed by atoms with Gasteiger partial charge in [-0.1, -0.05) is 0 Å². The van der Waals surface area contributed by atoms with Crippen LogP contribution in [0.4, 0.5) is 0 Å². The third kappa shape index (κ3) is 2.87. The smallest absolute Gasteiger partial charge is 0.334 e. The second kappa shape index (κ2) is 5.31. The highest BCUT2D eigenvalue weighted by molar-refractivity contribution is 5.95. The molecule has 2 rings (SSSR count). The summed E-state index contributed by atoms with van der Waals surface area (Å²) in [5, 5.41) is 16.7. The highest BCUT2D eigenvalue weighted by Crippen LogP contribution is 2.13. The normalized spacial score (nSPS) is 19.3. The van der Waals surface area contributed by atoms with Crippen LogP contribution >= 0.6 is 0 Å². The number of nitrogens with zero attached hydrogens (tertiary/aromatic N) is 3. The van der Waals surface area contributed by atoms with E-state index in [1.807, 2.05) is 0 Å². The van der Waals surface area contributed by atoms with Crippen molar-refractivity contribution in [1.82, 2.24) is 15.1 Å². The Balaban J connectivity index is 2.19. The van der Waals surface area contributed by atoms with Crippen LogP contribution in [0, 0.1) is 13.8 Å². The van der Waals surface area contributed by atoms with E-state index in [1.165, 1.54) is 4.90 Å². The lowest BCUT2D eigenvalue weighted by Crippen LogP contribution is -2.48. The van der Waals surface area contributed by atoms with Crippen LogP contribution < -0.4 is 0 Å². The molecule has 1 saturated heterocycles. The number of hydrogen-bond acceptors (Lipinski definition) is 5. The molecule has 0 saturated carbocycles. The van der Waals surface area contributed by atoms with Gasteiger partial charge >= 0.3 is 5.97 Å². The maximum absolute atomic E-state index is 12.4. The largest absolute Gasteiger partial charge is 0.479 e. The van der Waals surface area contributed by atoms with Gasteiger partial charge in [0.1, 0.15) is 0 Å². The van der Waals surface area contributed by atoms with E-state index in [-0.39, 0.29) is 19.1 Å². The Morgan fingerprint density at radius 2 is 2.16 bits per heavy atom. The predicted octanol–water partition coefficient (Wildman–Crippen LogP) is 0.0190. The summed E-state index contributed by atoms with van der Waals surface area (Å²) in [7, 11) is 0. The Hall–Kier alpha value is -2.02. The zero-order chi connectivity index (χ0) is 14.0. The lowest BCUT2D eigenvalue weighted by molar-refractivity contribution is -0.154. The maximum Gasteiger partial charge on any atom is 0.334 e. The first-order valence-electron chi connectivity index (χ1n) is 5.93. The molecule has 1 N–H and O–H groups in total. The van der Waals surface area contributed by atoms with E-state index in [1.54, 1.807) is 19.9 Å². The van der Waals surface area contributed by atoms with Gasteiger partial charge in [-0.15, -0.1) is 0 Å². The Morgan fingerprint density at radius 1 is 1.42 bits per heavy atom. The maximum atomic E-state index is 12.4. The second-order valence-corrected chi connectivity index (χ2v) is 4.43. The summed E-state index contributed by atoms with van der Waals surface area (Å²) in [5.41, 5.74) is 1.64. The van der Waals surface area contributed by atoms with Crippen molar-refractivity contribution in [2.45, 2.75) is 20.0 Å². The molecule has 0 bridgehead atoms. The first-order valence-corrected chi connectivity index (χ1v) is 5.93. The number of aliphatic carboxylic acids is 1. The minimum absolute atomic E-state index is 0.0506. The Kier molecular flexibility index (Phi) is 3.75. The fourth-order valence-corrected chi connectivity index (χ4v) is 1.92. The number of morpholine rings is 1. The SMILES string of the molecule is Cc1cc(C(=O)N2CCOC(C(=O)O)C2)c(C)nn1. The highest BCUT2D eigenvalue weighted by Gasteiger charge is 2.30. The van der Waals surface area contributed by atoms with Crippen molar-refractivity contribution in [1.29, 1.82) is 0 Å². The van der Waals surface area contributed by atoms with Crippen molar-refractivity contribution in [3.8, 4) is 0 Å². The molecule has 19 heavy (non-hydrogen) atoms. The van der Waals surface area contributed by atoms with Gasteiger partial charge in [0.05, 0.1) is 30.1 Å². The molecular weight excluding hydrogens is 250 g/mol. The summed E-state index contributed by atoms with van der Waals surface area (Å²) in [6, 6.07) is 1.66. The Bertz CT molecular complexity index is 518. The fourth-order valence-electron chi connectivity index (χ4n) is 1.92. The third-order valence-corrected chi connectivity index (χ3v) is 2.96. The second-order valence-electron chi connectivity index (χ2n) is 4.43. The first kappa shape index (κ1) is 13.4. The predicted molar refractivity (Wildman–Crippen MR) is 64.8 cm³/mol. The number of amides is 1. The lowest BCUT2D eigenvalue weighted by Gasteiger charge is -2.31. The topological polar surface area (TPSA) is 92.6 Å². The number of aryl methyl sites for hydroxylation is 2. The van der Waals surface area contributed by atoms with Gasteiger partial charge in [-0.3, -0.25) is 4.79 Å². The minimum atomic E-state index is -1.06. The average Bonchev–Trinajstić information content (AvgIpc) is 2.41. The van der Waals surface area contributed by atoms with Crippen LogP contribution in [0.2, 0.25) is 0 Å². The number of carboxylic acids is 1. The van der Waals surface area contributed by atoms with Gasteiger partial charge in [0, 0.05) is 6.54 Å². The molecule has 1 unspecified atom stereocenters. The lowest BCUT2D eigenvalue weighted by atomic mass is 10.1. The third-order valence-electron chi connectivity index (χ3n) is 2.96. The molecular formula is C12H15N3O4. The fraction of sp³-hybridized carbons (Fsp3) is 0.500. The summed E-state index contributed by atoms with van der Waals surface area (Å²) in [4.78, 5) is 24.7. The molecule has 0 radical (unpaired) electrons. The van der Waals surface area contributed by atoms with Gasteiger partial charge in [-0.05, 0) is 19.9 Å². The number of rotatable bonds is 2. The number of ether oxygens (including phenoxy) is 1. The molecule has 1 aliphatic rings. The molecule has 102 valence electrons. The van der Waals surface area contributed by atoms with Crippen molar-refractivity contribution < 1.29 is 19.4 Å². The zero-order valence-corrected chi connectivity index (χ0v) is 10.8. The van der Waals surface area contributed by atoms with Crippen LogP contribution in [0.5, 0.6) is 0 Å². The molecule has 1 fully saturated rings. The molecule has 1 atom stereocenters. The van der Waals surface area contributed by atoms with E-state index in [4.69, 9.17) is 9.84 Å². The van der Waals surface area contributed by atoms with Gasteiger partial charge in [0.2, 0.25) is 0 Å². The summed E-state index contributed by atoms with van der Waals surface area (Å²) < 4.78 is 5.09. The quantitative estimate of drug-likeness (QED) is 0.810. The van der Waals surface area contributed by atoms with E-state index in [2.05, 4.69) is 10.2 Å². The van der Waals surface area contributed by atoms with Crippen LogP contribution in [-0.2, 0) is 9.53 Å². The molecule has 7 nitrogen and oxygen atoms in total. The molecule has 1 aromatic rings. The van der Waals surface area contributed by atoms with Crippen LogP contribution in [0.15, 0.2) is 6.07 Å². The molecule has 1 aromatic heterocycles. The van der Waals surface area contributed by atoms with Crippen LogP contribution in [0.3, 0.4) is 0 Å². The summed E-state index contributed by atoms with van der Waals surface area (Å²) in [5.74, 6) is -1.29. The number of carbonyl (C=O) groups excluding carboxylic acids is 1. The standard InChI is InChI=1S/C12H15N3O4/c1-7-5-9(8(2)14-13-7)11(16)15-3-4-19-10(6-15)12(17)18/h5,10H,3-4,6H2,1-2H3,(H,17,18). The van der Waals surface area contributed by atoms with E-state index in [0.717, 1.165) is 0 Å². The van der Waals surface area contributed by atoms with Crippen molar-refractivity contribution in [3.05, 3.63) is 23.0 Å². The molecule has 0 spiro atoms. The van der Waals surface area contributed by atoms with Crippen LogP contribution in [-0.4, -0.2) is 57.9 Å². The van der Waals surface area contributed by atoms with Crippen molar-refractivity contribution in [3.63, 3.8) is 0 Å². The van der Waals surface area contributed by atoms with Crippen LogP contribution in [0.1, 0.15) is 21.7 Å². The first-order chi connectivity index (χ1) is 8.99. The van der Waals surface area contributed by atoms with E-state index >= 15 is 0 Å². The van der Waals surface area contributed by atoms with E-state index < -0.39 is 12.1 Å². The zero-order valence-electron chi connectivity index (χ0n) is 10.8. The van der Waals surface area contributed by atoms with E-state index in [0.29, 0.717) is 23.5 Å². The number of hydrogen-bond donors (Lipinski definition) is 1. The molecule has 7 heteroatoms. The highest BCUT2D eigenvalue weighted by atomic mass is 16.5. The van der Waals surface area contributed by atoms with Crippen molar-refractivity contribution in [2.24, 2.45) is 0 Å². The van der Waals surface area contributed by atoms with Crippen molar-refractivity contribution in [2.75, 3.05) is 19.7 Å². The molecule has 1 amide bonds. The summed E-state index contributed by atoms with van der Waals surface area (Å²) >= 11 is 0. The van der Waals surface area contributed by atoms with Gasteiger partial charge in [-0.2, -0.15) is 10.2 Å². The number of aromatic nitrogens is 2. The summed E-state index contributed by atoms with van der Waals surface area (Å²) in [6.07, 6.45) is -0.964. The average molecular weight is 265 g/mol.